The monoisotopic (exact) mass is 396 g/mol. The zero-order chi connectivity index (χ0) is 19.8. The molecule has 0 N–H and O–H groups in total. The summed E-state index contributed by atoms with van der Waals surface area (Å²) in [5, 5.41) is 0.491. The van der Waals surface area contributed by atoms with Gasteiger partial charge in [-0.2, -0.15) is 0 Å². The number of aromatic nitrogens is 2. The van der Waals surface area contributed by atoms with Crippen LogP contribution in [0.4, 0.5) is 0 Å². The van der Waals surface area contributed by atoms with E-state index >= 15 is 0 Å². The highest BCUT2D eigenvalue weighted by Gasteiger charge is 2.11. The van der Waals surface area contributed by atoms with Crippen LogP contribution in [0.2, 0.25) is 0 Å². The first-order chi connectivity index (χ1) is 13.7. The molecule has 5 nitrogen and oxygen atoms in total. The minimum Gasteiger partial charge on any atom is -0.493 e. The van der Waals surface area contributed by atoms with Gasteiger partial charge in [-0.3, -0.25) is 9.36 Å². The molecule has 3 rings (SSSR count). The smallest absolute Gasteiger partial charge is 0.287 e. The summed E-state index contributed by atoms with van der Waals surface area (Å²) >= 11 is 1.48. The Morgan fingerprint density at radius 2 is 1.93 bits per heavy atom. The van der Waals surface area contributed by atoms with Gasteiger partial charge in [0.2, 0.25) is 0 Å². The van der Waals surface area contributed by atoms with Gasteiger partial charge in [-0.1, -0.05) is 37.3 Å². The van der Waals surface area contributed by atoms with Crippen LogP contribution >= 0.6 is 11.8 Å². The van der Waals surface area contributed by atoms with Crippen molar-refractivity contribution in [3.63, 3.8) is 0 Å². The van der Waals surface area contributed by atoms with E-state index in [2.05, 4.69) is 17.1 Å². The second kappa shape index (κ2) is 9.99. The van der Waals surface area contributed by atoms with Gasteiger partial charge in [-0.15, -0.1) is 11.8 Å². The van der Waals surface area contributed by atoms with Crippen LogP contribution in [-0.4, -0.2) is 29.0 Å². The van der Waals surface area contributed by atoms with E-state index in [1.54, 1.807) is 24.1 Å². The van der Waals surface area contributed by atoms with Crippen LogP contribution in [0.5, 0.6) is 11.5 Å². The zero-order valence-corrected chi connectivity index (χ0v) is 16.9. The van der Waals surface area contributed by atoms with E-state index in [-0.39, 0.29) is 5.56 Å². The SMILES string of the molecule is CCCOc1cc(-n2ccnc(SCCc3ccccc3)c2=O)ccc1OC. The molecule has 0 aliphatic carbocycles. The van der Waals surface area contributed by atoms with Crippen molar-refractivity contribution in [2.45, 2.75) is 24.8 Å². The second-order valence-electron chi connectivity index (χ2n) is 6.18. The average molecular weight is 397 g/mol. The van der Waals surface area contributed by atoms with Gasteiger partial charge in [0.25, 0.3) is 5.56 Å². The molecule has 3 aromatic rings. The van der Waals surface area contributed by atoms with E-state index in [1.165, 1.54) is 17.3 Å². The quantitative estimate of drug-likeness (QED) is 0.503. The van der Waals surface area contributed by atoms with Crippen molar-refractivity contribution < 1.29 is 9.47 Å². The number of nitrogens with zero attached hydrogens (tertiary/aromatic N) is 2. The maximum absolute atomic E-state index is 12.9. The Labute approximate surface area is 169 Å². The summed E-state index contributed by atoms with van der Waals surface area (Å²) < 4.78 is 12.7. The molecule has 0 saturated heterocycles. The fourth-order valence-corrected chi connectivity index (χ4v) is 3.63. The Balaban J connectivity index is 1.79. The Kier molecular flexibility index (Phi) is 7.14. The van der Waals surface area contributed by atoms with Crippen molar-refractivity contribution in [1.82, 2.24) is 9.55 Å². The van der Waals surface area contributed by atoms with Crippen LogP contribution in [0.15, 0.2) is 70.7 Å². The Bertz CT molecular complexity index is 957. The Hall–Kier alpha value is -2.73. The predicted molar refractivity (Wildman–Crippen MR) is 113 cm³/mol. The molecule has 0 unspecified atom stereocenters. The van der Waals surface area contributed by atoms with Crippen LogP contribution < -0.4 is 15.0 Å². The topological polar surface area (TPSA) is 53.4 Å². The molecule has 1 aromatic heterocycles. The summed E-state index contributed by atoms with van der Waals surface area (Å²) in [6.07, 6.45) is 5.11. The van der Waals surface area contributed by atoms with Gasteiger partial charge >= 0.3 is 0 Å². The van der Waals surface area contributed by atoms with Gasteiger partial charge in [0, 0.05) is 24.2 Å². The van der Waals surface area contributed by atoms with Crippen LogP contribution in [0.25, 0.3) is 5.69 Å². The maximum Gasteiger partial charge on any atom is 0.287 e. The summed E-state index contributed by atoms with van der Waals surface area (Å²) in [6.45, 7) is 2.63. The minimum atomic E-state index is -0.132. The first kappa shape index (κ1) is 20.0. The fraction of sp³-hybridized carbons (Fsp3) is 0.273. The number of benzene rings is 2. The van der Waals surface area contributed by atoms with Crippen LogP contribution in [0, 0.1) is 0 Å². The van der Waals surface area contributed by atoms with E-state index in [0.717, 1.165) is 24.3 Å². The first-order valence-electron chi connectivity index (χ1n) is 9.28. The van der Waals surface area contributed by atoms with Crippen LogP contribution in [0.1, 0.15) is 18.9 Å². The molecule has 1 heterocycles. The molecule has 0 spiro atoms. The third-order valence-corrected chi connectivity index (χ3v) is 5.13. The number of methoxy groups -OCH3 is 1. The summed E-state index contributed by atoms with van der Waals surface area (Å²) in [5.74, 6) is 2.07. The predicted octanol–water partition coefficient (Wildman–Crippen LogP) is 4.36. The highest BCUT2D eigenvalue weighted by atomic mass is 32.2. The van der Waals surface area contributed by atoms with Crippen LogP contribution in [0.3, 0.4) is 0 Å². The summed E-state index contributed by atoms with van der Waals surface area (Å²) in [7, 11) is 1.61. The maximum atomic E-state index is 12.9. The lowest BCUT2D eigenvalue weighted by atomic mass is 10.2. The highest BCUT2D eigenvalue weighted by Crippen LogP contribution is 2.29. The van der Waals surface area contributed by atoms with Gasteiger partial charge in [0.1, 0.15) is 0 Å². The zero-order valence-electron chi connectivity index (χ0n) is 16.1. The number of ether oxygens (including phenoxy) is 2. The lowest BCUT2D eigenvalue weighted by molar-refractivity contribution is 0.294. The molecule has 28 heavy (non-hydrogen) atoms. The summed E-state index contributed by atoms with van der Waals surface area (Å²) in [5.41, 5.74) is 1.84. The van der Waals surface area contributed by atoms with E-state index in [0.29, 0.717) is 23.1 Å². The Morgan fingerprint density at radius 3 is 2.68 bits per heavy atom. The van der Waals surface area contributed by atoms with E-state index in [1.807, 2.05) is 43.3 Å². The number of rotatable bonds is 9. The molecule has 0 aliphatic heterocycles. The molecule has 2 aromatic carbocycles. The lowest BCUT2D eigenvalue weighted by Gasteiger charge is -2.13. The van der Waals surface area contributed by atoms with Gasteiger partial charge in [-0.25, -0.2) is 4.98 Å². The number of aryl methyl sites for hydroxylation is 1. The number of thioether (sulfide) groups is 1. The summed E-state index contributed by atoms with van der Waals surface area (Å²) in [4.78, 5) is 17.2. The molecule has 0 aliphatic rings. The van der Waals surface area contributed by atoms with Gasteiger partial charge in [0.15, 0.2) is 16.5 Å². The molecule has 0 fully saturated rings. The van der Waals surface area contributed by atoms with E-state index < -0.39 is 0 Å². The Morgan fingerprint density at radius 1 is 1.11 bits per heavy atom. The number of hydrogen-bond acceptors (Lipinski definition) is 5. The molecule has 0 atom stereocenters. The van der Waals surface area contributed by atoms with Crippen LogP contribution in [-0.2, 0) is 6.42 Å². The first-order valence-corrected chi connectivity index (χ1v) is 10.3. The largest absolute Gasteiger partial charge is 0.493 e. The molecule has 6 heteroatoms. The summed E-state index contributed by atoms with van der Waals surface area (Å²) in [6, 6.07) is 15.7. The lowest BCUT2D eigenvalue weighted by Crippen LogP contribution is -2.20. The van der Waals surface area contributed by atoms with Crippen molar-refractivity contribution in [3.05, 3.63) is 76.8 Å². The normalized spacial score (nSPS) is 10.6. The van der Waals surface area contributed by atoms with Crippen molar-refractivity contribution in [3.8, 4) is 17.2 Å². The van der Waals surface area contributed by atoms with Crippen molar-refractivity contribution >= 4 is 11.8 Å². The molecule has 0 amide bonds. The van der Waals surface area contributed by atoms with E-state index in [9.17, 15) is 4.79 Å². The van der Waals surface area contributed by atoms with Crippen molar-refractivity contribution in [2.24, 2.45) is 0 Å². The molecule has 146 valence electrons. The minimum absolute atomic E-state index is 0.132. The fourth-order valence-electron chi connectivity index (χ4n) is 2.75. The molecular formula is C22H24N2O3S. The third kappa shape index (κ3) is 4.95. The average Bonchev–Trinajstić information content (AvgIpc) is 2.74. The third-order valence-electron chi connectivity index (χ3n) is 4.17. The number of hydrogen-bond donors (Lipinski definition) is 0. The molecular weight excluding hydrogens is 372 g/mol. The molecule has 0 saturated carbocycles. The van der Waals surface area contributed by atoms with E-state index in [4.69, 9.17) is 9.47 Å². The van der Waals surface area contributed by atoms with Crippen molar-refractivity contribution in [1.29, 1.82) is 0 Å². The van der Waals surface area contributed by atoms with Crippen molar-refractivity contribution in [2.75, 3.05) is 19.5 Å². The molecule has 0 radical (unpaired) electrons. The van der Waals surface area contributed by atoms with Gasteiger partial charge in [0.05, 0.1) is 19.4 Å². The van der Waals surface area contributed by atoms with Gasteiger partial charge < -0.3 is 9.47 Å². The van der Waals surface area contributed by atoms with Gasteiger partial charge in [-0.05, 0) is 30.5 Å². The molecule has 0 bridgehead atoms. The highest BCUT2D eigenvalue weighted by molar-refractivity contribution is 7.99. The second-order valence-corrected chi connectivity index (χ2v) is 7.26. The standard InChI is InChI=1S/C22H24N2O3S/c1-3-14-27-20-16-18(9-10-19(20)26-2)24-13-12-23-21(22(24)25)28-15-11-17-7-5-4-6-8-17/h4-10,12-13,16H,3,11,14-15H2,1-2H3.